The fourth-order valence-corrected chi connectivity index (χ4v) is 1.85. The van der Waals surface area contributed by atoms with Crippen molar-refractivity contribution < 1.29 is 40.9 Å². The van der Waals surface area contributed by atoms with Gasteiger partial charge in [0.1, 0.15) is 0 Å². The molecule has 0 aliphatic heterocycles. The van der Waals surface area contributed by atoms with Crippen LogP contribution in [-0.2, 0) is 0 Å². The second-order valence-corrected chi connectivity index (χ2v) is 3.76. The van der Waals surface area contributed by atoms with E-state index in [1.165, 1.54) is 6.92 Å². The summed E-state index contributed by atoms with van der Waals surface area (Å²) in [5.74, 6) is -16.7. The average Bonchev–Trinajstić information content (AvgIpc) is 2.07. The monoisotopic (exact) mass is 226 g/mol. The van der Waals surface area contributed by atoms with Gasteiger partial charge in [-0.05, 0) is 6.42 Å². The van der Waals surface area contributed by atoms with Crippen LogP contribution in [0.1, 0.15) is 13.3 Å². The van der Waals surface area contributed by atoms with Crippen molar-refractivity contribution in [1.82, 2.24) is 0 Å². The van der Waals surface area contributed by atoms with Gasteiger partial charge in [-0.3, -0.25) is 0 Å². The maximum Gasteiger partial charge on any atom is 0.280 e. The maximum absolute atomic E-state index is 9.27. The molecular formula is C7H14O8. The highest BCUT2D eigenvalue weighted by atomic mass is 16.7. The Kier molecular flexibility index (Phi) is 2.44. The summed E-state index contributed by atoms with van der Waals surface area (Å²) in [5, 5.41) is 73.6. The van der Waals surface area contributed by atoms with E-state index in [0.29, 0.717) is 0 Å². The highest BCUT2D eigenvalue weighted by Gasteiger charge is 2.82. The molecule has 0 aromatic heterocycles. The van der Waals surface area contributed by atoms with E-state index in [1.807, 2.05) is 0 Å². The Bertz CT molecular complexity index is 242. The number of hydrogen-bond acceptors (Lipinski definition) is 8. The lowest BCUT2D eigenvalue weighted by Crippen LogP contribution is -2.66. The fourth-order valence-electron chi connectivity index (χ4n) is 1.85. The zero-order chi connectivity index (χ0) is 12.3. The van der Waals surface area contributed by atoms with Crippen LogP contribution in [0.2, 0.25) is 0 Å². The lowest BCUT2D eigenvalue weighted by atomic mass is 9.94. The molecule has 15 heavy (non-hydrogen) atoms. The van der Waals surface area contributed by atoms with Crippen molar-refractivity contribution in [2.24, 2.45) is 5.92 Å². The second-order valence-electron chi connectivity index (χ2n) is 3.76. The predicted molar refractivity (Wildman–Crippen MR) is 42.5 cm³/mol. The summed E-state index contributed by atoms with van der Waals surface area (Å²) in [5.41, 5.74) is 0. The molecular weight excluding hydrogens is 212 g/mol. The minimum atomic E-state index is -3.88. The molecule has 0 amide bonds. The molecule has 0 atom stereocenters. The van der Waals surface area contributed by atoms with Gasteiger partial charge in [0.15, 0.2) is 0 Å². The third-order valence-electron chi connectivity index (χ3n) is 2.89. The van der Waals surface area contributed by atoms with E-state index in [1.54, 1.807) is 0 Å². The molecule has 0 radical (unpaired) electrons. The van der Waals surface area contributed by atoms with Crippen molar-refractivity contribution in [1.29, 1.82) is 0 Å². The summed E-state index contributed by atoms with van der Waals surface area (Å²) in [6, 6.07) is 0. The molecule has 1 aliphatic rings. The van der Waals surface area contributed by atoms with Crippen LogP contribution in [0.5, 0.6) is 0 Å². The van der Waals surface area contributed by atoms with Gasteiger partial charge in [0, 0.05) is 0 Å². The standard InChI is InChI=1S/C7H14O8/c1-2-3-4(8,9)6(12,13)7(14,15)5(3,10)11/h3,8-15H,2H2,1H3. The van der Waals surface area contributed by atoms with Crippen LogP contribution in [0.4, 0.5) is 0 Å². The first-order valence-electron chi connectivity index (χ1n) is 4.23. The Morgan fingerprint density at radius 2 is 1.00 bits per heavy atom. The molecule has 8 N–H and O–H groups in total. The van der Waals surface area contributed by atoms with Crippen LogP contribution in [0.3, 0.4) is 0 Å². The van der Waals surface area contributed by atoms with E-state index in [-0.39, 0.29) is 6.42 Å². The van der Waals surface area contributed by atoms with Crippen molar-refractivity contribution in [3.63, 3.8) is 0 Å². The van der Waals surface area contributed by atoms with Crippen LogP contribution in [0.25, 0.3) is 0 Å². The van der Waals surface area contributed by atoms with Crippen molar-refractivity contribution in [3.8, 4) is 0 Å². The third-order valence-corrected chi connectivity index (χ3v) is 2.89. The van der Waals surface area contributed by atoms with Crippen LogP contribution < -0.4 is 0 Å². The number of hydrogen-bond donors (Lipinski definition) is 8. The van der Waals surface area contributed by atoms with E-state index in [2.05, 4.69) is 0 Å². The molecule has 0 spiro atoms. The normalized spacial score (nSPS) is 31.8. The molecule has 1 rings (SSSR count). The van der Waals surface area contributed by atoms with Gasteiger partial charge in [0.25, 0.3) is 11.6 Å². The van der Waals surface area contributed by atoms with Gasteiger partial charge in [0.05, 0.1) is 5.92 Å². The zero-order valence-electron chi connectivity index (χ0n) is 7.86. The first kappa shape index (κ1) is 12.7. The Hall–Kier alpha value is -0.320. The molecule has 1 aliphatic carbocycles. The van der Waals surface area contributed by atoms with E-state index in [9.17, 15) is 20.4 Å². The Labute approximate surface area is 84.3 Å². The topological polar surface area (TPSA) is 162 Å². The highest BCUT2D eigenvalue weighted by Crippen LogP contribution is 2.52. The molecule has 0 heterocycles. The van der Waals surface area contributed by atoms with Gasteiger partial charge in [0.2, 0.25) is 11.6 Å². The summed E-state index contributed by atoms with van der Waals surface area (Å²) in [6.45, 7) is 1.27. The predicted octanol–water partition coefficient (Wildman–Crippen LogP) is -4.25. The second kappa shape index (κ2) is 2.87. The Morgan fingerprint density at radius 3 is 1.13 bits per heavy atom. The van der Waals surface area contributed by atoms with Gasteiger partial charge in [-0.15, -0.1) is 0 Å². The van der Waals surface area contributed by atoms with Crippen molar-refractivity contribution in [3.05, 3.63) is 0 Å². The molecule has 0 aromatic rings. The summed E-state index contributed by atoms with van der Waals surface area (Å²) in [6.07, 6.45) is -0.342. The summed E-state index contributed by atoms with van der Waals surface area (Å²) < 4.78 is 0. The van der Waals surface area contributed by atoms with Gasteiger partial charge in [-0.1, -0.05) is 6.92 Å². The van der Waals surface area contributed by atoms with E-state index in [4.69, 9.17) is 20.4 Å². The average molecular weight is 226 g/mol. The molecule has 8 heteroatoms. The SMILES string of the molecule is CCC1C(O)(O)C(O)(O)C(O)(O)C1(O)O. The van der Waals surface area contributed by atoms with Crippen LogP contribution in [0, 0.1) is 5.92 Å². The highest BCUT2D eigenvalue weighted by molar-refractivity contribution is 5.14. The molecule has 0 aromatic carbocycles. The minimum Gasteiger partial charge on any atom is -0.361 e. The molecule has 0 bridgehead atoms. The molecule has 0 unspecified atom stereocenters. The van der Waals surface area contributed by atoms with Crippen LogP contribution in [0.15, 0.2) is 0 Å². The zero-order valence-corrected chi connectivity index (χ0v) is 7.86. The quantitative estimate of drug-likeness (QED) is 0.208. The lowest BCUT2D eigenvalue weighted by molar-refractivity contribution is -0.452. The molecule has 90 valence electrons. The summed E-state index contributed by atoms with van der Waals surface area (Å²) >= 11 is 0. The summed E-state index contributed by atoms with van der Waals surface area (Å²) in [7, 11) is 0. The molecule has 1 fully saturated rings. The minimum absolute atomic E-state index is 0.342. The number of rotatable bonds is 1. The van der Waals surface area contributed by atoms with Gasteiger partial charge in [-0.25, -0.2) is 0 Å². The van der Waals surface area contributed by atoms with E-state index >= 15 is 0 Å². The first-order valence-corrected chi connectivity index (χ1v) is 4.23. The summed E-state index contributed by atoms with van der Waals surface area (Å²) in [4.78, 5) is 0. The first-order chi connectivity index (χ1) is 6.44. The maximum atomic E-state index is 9.27. The van der Waals surface area contributed by atoms with E-state index in [0.717, 1.165) is 0 Å². The van der Waals surface area contributed by atoms with Crippen LogP contribution in [-0.4, -0.2) is 64.0 Å². The smallest absolute Gasteiger partial charge is 0.280 e. The molecule has 0 saturated heterocycles. The fraction of sp³-hybridized carbons (Fsp3) is 1.00. The Morgan fingerprint density at radius 1 is 0.733 bits per heavy atom. The van der Waals surface area contributed by atoms with Crippen molar-refractivity contribution in [2.45, 2.75) is 36.5 Å². The van der Waals surface area contributed by atoms with Gasteiger partial charge in [-0.2, -0.15) is 0 Å². The largest absolute Gasteiger partial charge is 0.361 e. The van der Waals surface area contributed by atoms with E-state index < -0.39 is 29.1 Å². The van der Waals surface area contributed by atoms with Gasteiger partial charge < -0.3 is 40.9 Å². The lowest BCUT2D eigenvalue weighted by Gasteiger charge is -2.35. The van der Waals surface area contributed by atoms with Crippen molar-refractivity contribution >= 4 is 0 Å². The van der Waals surface area contributed by atoms with Crippen molar-refractivity contribution in [2.75, 3.05) is 0 Å². The van der Waals surface area contributed by atoms with Gasteiger partial charge >= 0.3 is 0 Å². The molecule has 8 nitrogen and oxygen atoms in total. The third kappa shape index (κ3) is 1.13. The molecule has 1 saturated carbocycles. The van der Waals surface area contributed by atoms with Crippen LogP contribution >= 0.6 is 0 Å². The number of aliphatic hydroxyl groups is 8. The Balaban J connectivity index is 3.40.